The van der Waals surface area contributed by atoms with E-state index in [2.05, 4.69) is 39.8 Å². The number of hydrogen-bond donors (Lipinski definition) is 0. The second-order valence-electron chi connectivity index (χ2n) is 6.66. The zero-order valence-electron chi connectivity index (χ0n) is 15.9. The van der Waals surface area contributed by atoms with Gasteiger partial charge in [0.15, 0.2) is 5.82 Å². The predicted molar refractivity (Wildman–Crippen MR) is 107 cm³/mol. The summed E-state index contributed by atoms with van der Waals surface area (Å²) in [5.41, 5.74) is 1.25. The summed E-state index contributed by atoms with van der Waals surface area (Å²) >= 11 is 0. The SMILES string of the molecule is CN(CCc1ccncc1)c1cnnc(N2CCN(c3ncccn3)CC2)n1. The summed E-state index contributed by atoms with van der Waals surface area (Å²) < 4.78 is 0. The molecule has 9 nitrogen and oxygen atoms in total. The van der Waals surface area contributed by atoms with Crippen molar-refractivity contribution in [2.24, 2.45) is 0 Å². The first-order valence-corrected chi connectivity index (χ1v) is 9.36. The zero-order chi connectivity index (χ0) is 19.2. The Balaban J connectivity index is 1.36. The van der Waals surface area contributed by atoms with Crippen molar-refractivity contribution in [1.29, 1.82) is 0 Å². The number of rotatable bonds is 6. The van der Waals surface area contributed by atoms with Crippen molar-refractivity contribution in [2.45, 2.75) is 6.42 Å². The van der Waals surface area contributed by atoms with E-state index in [0.717, 1.165) is 50.9 Å². The van der Waals surface area contributed by atoms with Gasteiger partial charge in [-0.25, -0.2) is 9.97 Å². The normalized spacial score (nSPS) is 14.2. The van der Waals surface area contributed by atoms with Crippen LogP contribution in [0, 0.1) is 0 Å². The van der Waals surface area contributed by atoms with Gasteiger partial charge in [0, 0.05) is 64.6 Å². The number of anilines is 3. The maximum atomic E-state index is 4.72. The third kappa shape index (κ3) is 4.30. The molecule has 3 aromatic heterocycles. The minimum absolute atomic E-state index is 0.668. The van der Waals surface area contributed by atoms with E-state index in [-0.39, 0.29) is 0 Å². The Morgan fingerprint density at radius 2 is 1.61 bits per heavy atom. The molecule has 28 heavy (non-hydrogen) atoms. The van der Waals surface area contributed by atoms with Crippen LogP contribution in [-0.2, 0) is 6.42 Å². The third-order valence-corrected chi connectivity index (χ3v) is 4.81. The van der Waals surface area contributed by atoms with Crippen LogP contribution in [-0.4, -0.2) is 69.9 Å². The zero-order valence-corrected chi connectivity index (χ0v) is 15.9. The molecule has 0 amide bonds. The molecule has 0 aromatic carbocycles. The van der Waals surface area contributed by atoms with Crippen molar-refractivity contribution >= 4 is 17.7 Å². The summed E-state index contributed by atoms with van der Waals surface area (Å²) in [5.74, 6) is 2.26. The summed E-state index contributed by atoms with van der Waals surface area (Å²) in [6, 6.07) is 5.90. The van der Waals surface area contributed by atoms with Gasteiger partial charge in [-0.1, -0.05) is 0 Å². The number of piperazine rings is 1. The molecular weight excluding hydrogens is 354 g/mol. The smallest absolute Gasteiger partial charge is 0.247 e. The van der Waals surface area contributed by atoms with E-state index in [1.165, 1.54) is 5.56 Å². The Hall–Kier alpha value is -3.36. The van der Waals surface area contributed by atoms with Crippen molar-refractivity contribution in [3.8, 4) is 0 Å². The largest absolute Gasteiger partial charge is 0.358 e. The molecule has 0 radical (unpaired) electrons. The molecule has 0 atom stereocenters. The van der Waals surface area contributed by atoms with Gasteiger partial charge in [0.2, 0.25) is 11.9 Å². The fourth-order valence-corrected chi connectivity index (χ4v) is 3.13. The van der Waals surface area contributed by atoms with Crippen molar-refractivity contribution in [3.63, 3.8) is 0 Å². The van der Waals surface area contributed by atoms with Crippen molar-refractivity contribution in [1.82, 2.24) is 30.1 Å². The molecule has 3 aromatic rings. The van der Waals surface area contributed by atoms with E-state index in [1.807, 2.05) is 37.6 Å². The van der Waals surface area contributed by atoms with Gasteiger partial charge >= 0.3 is 0 Å². The monoisotopic (exact) mass is 377 g/mol. The fourth-order valence-electron chi connectivity index (χ4n) is 3.13. The molecule has 0 saturated carbocycles. The number of aromatic nitrogens is 6. The maximum absolute atomic E-state index is 4.72. The Morgan fingerprint density at radius 1 is 0.929 bits per heavy atom. The second kappa shape index (κ2) is 8.55. The van der Waals surface area contributed by atoms with Gasteiger partial charge in [0.1, 0.15) is 0 Å². The summed E-state index contributed by atoms with van der Waals surface area (Å²) in [4.78, 5) is 23.9. The van der Waals surface area contributed by atoms with E-state index >= 15 is 0 Å². The minimum Gasteiger partial charge on any atom is -0.358 e. The molecule has 0 spiro atoms. The van der Waals surface area contributed by atoms with Crippen LogP contribution in [0.25, 0.3) is 0 Å². The van der Waals surface area contributed by atoms with Crippen molar-refractivity contribution in [2.75, 3.05) is 54.5 Å². The highest BCUT2D eigenvalue weighted by atomic mass is 15.4. The molecule has 4 rings (SSSR count). The summed E-state index contributed by atoms with van der Waals surface area (Å²) in [5, 5.41) is 8.41. The third-order valence-electron chi connectivity index (χ3n) is 4.81. The topological polar surface area (TPSA) is 87.1 Å². The van der Waals surface area contributed by atoms with E-state index in [9.17, 15) is 0 Å². The van der Waals surface area contributed by atoms with Gasteiger partial charge in [-0.3, -0.25) is 4.98 Å². The standard InChI is InChI=1S/C19H23N9/c1-26(10-5-16-3-8-20-9-4-16)17-15-23-25-19(24-17)28-13-11-27(12-14-28)18-21-6-2-7-22-18/h2-4,6-9,15H,5,10-14H2,1H3. The average Bonchev–Trinajstić information content (AvgIpc) is 2.79. The lowest BCUT2D eigenvalue weighted by Crippen LogP contribution is -2.47. The molecule has 0 unspecified atom stereocenters. The Labute approximate surface area is 164 Å². The van der Waals surface area contributed by atoms with Crippen molar-refractivity contribution < 1.29 is 0 Å². The summed E-state index contributed by atoms with van der Waals surface area (Å²) in [6.07, 6.45) is 9.82. The van der Waals surface area contributed by atoms with Crippen LogP contribution in [0.3, 0.4) is 0 Å². The van der Waals surface area contributed by atoms with E-state index in [0.29, 0.717) is 5.95 Å². The quantitative estimate of drug-likeness (QED) is 0.626. The van der Waals surface area contributed by atoms with Crippen LogP contribution < -0.4 is 14.7 Å². The molecule has 1 aliphatic heterocycles. The number of nitrogens with zero attached hydrogens (tertiary/aromatic N) is 9. The highest BCUT2D eigenvalue weighted by Gasteiger charge is 2.21. The molecule has 0 N–H and O–H groups in total. The lowest BCUT2D eigenvalue weighted by molar-refractivity contribution is 0.622. The molecule has 9 heteroatoms. The van der Waals surface area contributed by atoms with Crippen molar-refractivity contribution in [3.05, 3.63) is 54.7 Å². The number of pyridine rings is 1. The van der Waals surface area contributed by atoms with Crippen LogP contribution in [0.5, 0.6) is 0 Å². The molecule has 1 fully saturated rings. The average molecular weight is 377 g/mol. The Bertz CT molecular complexity index is 867. The van der Waals surface area contributed by atoms with Gasteiger partial charge in [-0.2, -0.15) is 10.1 Å². The molecule has 0 aliphatic carbocycles. The molecule has 1 aliphatic rings. The molecule has 144 valence electrons. The molecular formula is C19H23N9. The lowest BCUT2D eigenvalue weighted by Gasteiger charge is -2.34. The highest BCUT2D eigenvalue weighted by Crippen LogP contribution is 2.16. The van der Waals surface area contributed by atoms with E-state index in [1.54, 1.807) is 18.6 Å². The first-order valence-electron chi connectivity index (χ1n) is 9.36. The van der Waals surface area contributed by atoms with E-state index in [4.69, 9.17) is 4.98 Å². The van der Waals surface area contributed by atoms with Gasteiger partial charge in [-0.05, 0) is 30.2 Å². The lowest BCUT2D eigenvalue weighted by atomic mass is 10.2. The Morgan fingerprint density at radius 3 is 2.32 bits per heavy atom. The van der Waals surface area contributed by atoms with Crippen LogP contribution in [0.4, 0.5) is 17.7 Å². The van der Waals surface area contributed by atoms with Gasteiger partial charge in [0.25, 0.3) is 0 Å². The van der Waals surface area contributed by atoms with Crippen LogP contribution in [0.15, 0.2) is 49.2 Å². The predicted octanol–water partition coefficient (Wildman–Crippen LogP) is 1.06. The van der Waals surface area contributed by atoms with Gasteiger partial charge < -0.3 is 14.7 Å². The maximum Gasteiger partial charge on any atom is 0.247 e. The van der Waals surface area contributed by atoms with Gasteiger partial charge in [-0.15, -0.1) is 5.10 Å². The van der Waals surface area contributed by atoms with Gasteiger partial charge in [0.05, 0.1) is 6.20 Å². The second-order valence-corrected chi connectivity index (χ2v) is 6.66. The molecule has 4 heterocycles. The summed E-state index contributed by atoms with van der Waals surface area (Å²) in [7, 11) is 2.03. The van der Waals surface area contributed by atoms with Crippen LogP contribution in [0.2, 0.25) is 0 Å². The first kappa shape index (κ1) is 18.0. The molecule has 0 bridgehead atoms. The number of hydrogen-bond acceptors (Lipinski definition) is 9. The minimum atomic E-state index is 0.668. The first-order chi connectivity index (χ1) is 13.8. The van der Waals surface area contributed by atoms with Crippen LogP contribution in [0.1, 0.15) is 5.56 Å². The molecule has 1 saturated heterocycles. The van der Waals surface area contributed by atoms with E-state index < -0.39 is 0 Å². The fraction of sp³-hybridized carbons (Fsp3) is 0.368. The Kier molecular flexibility index (Phi) is 5.51. The highest BCUT2D eigenvalue weighted by molar-refractivity contribution is 5.43. The number of likely N-dealkylation sites (N-methyl/N-ethyl adjacent to an activating group) is 1. The van der Waals surface area contributed by atoms with Crippen LogP contribution >= 0.6 is 0 Å². The summed E-state index contributed by atoms with van der Waals surface area (Å²) in [6.45, 7) is 4.13.